The highest BCUT2D eigenvalue weighted by Crippen LogP contribution is 2.21. The second-order valence-corrected chi connectivity index (χ2v) is 3.70. The van der Waals surface area contributed by atoms with E-state index in [1.165, 1.54) is 0 Å². The van der Waals surface area contributed by atoms with Crippen LogP contribution in [0, 0.1) is 11.3 Å². The Hall–Kier alpha value is -2.08. The van der Waals surface area contributed by atoms with Gasteiger partial charge in [-0.2, -0.15) is 5.26 Å². The Labute approximate surface area is 94.6 Å². The van der Waals surface area contributed by atoms with Crippen LogP contribution in [0.4, 0.5) is 0 Å². The van der Waals surface area contributed by atoms with Crippen LogP contribution in [0.5, 0.6) is 0 Å². The molecule has 2 rings (SSSR count). The number of hydrogen-bond donors (Lipinski definition) is 0. The van der Waals surface area contributed by atoms with E-state index in [9.17, 15) is 0 Å². The van der Waals surface area contributed by atoms with Crippen LogP contribution in [0.2, 0.25) is 0 Å². The molecule has 1 unspecified atom stereocenters. The summed E-state index contributed by atoms with van der Waals surface area (Å²) in [5, 5.41) is 8.79. The van der Waals surface area contributed by atoms with Crippen LogP contribution in [-0.2, 0) is 6.42 Å². The minimum Gasteiger partial charge on any atom is -0.320 e. The summed E-state index contributed by atoms with van der Waals surface area (Å²) < 4.78 is 2.06. The molecule has 0 saturated heterocycles. The van der Waals surface area contributed by atoms with E-state index in [0.29, 0.717) is 6.42 Å². The molecule has 80 valence electrons. The number of nitrogens with zero attached hydrogens (tertiary/aromatic N) is 3. The van der Waals surface area contributed by atoms with Gasteiger partial charge in [0.05, 0.1) is 29.6 Å². The number of imidazole rings is 1. The van der Waals surface area contributed by atoms with Gasteiger partial charge in [-0.3, -0.25) is 0 Å². The highest BCUT2D eigenvalue weighted by atomic mass is 15.1. The highest BCUT2D eigenvalue weighted by molar-refractivity contribution is 5.76. The third kappa shape index (κ3) is 1.59. The van der Waals surface area contributed by atoms with E-state index in [-0.39, 0.29) is 6.04 Å². The molecule has 0 aliphatic rings. The zero-order valence-corrected chi connectivity index (χ0v) is 9.22. The molecule has 0 N–H and O–H groups in total. The SMILES string of the molecule is C=CC(C)n1c(CC#N)nc2ccccc21. The van der Waals surface area contributed by atoms with Gasteiger partial charge in [-0.25, -0.2) is 4.98 Å². The van der Waals surface area contributed by atoms with Crippen LogP contribution in [0.1, 0.15) is 18.8 Å². The van der Waals surface area contributed by atoms with Crippen molar-refractivity contribution >= 4 is 11.0 Å². The van der Waals surface area contributed by atoms with Gasteiger partial charge in [0, 0.05) is 0 Å². The molecular weight excluding hydrogens is 198 g/mol. The fourth-order valence-corrected chi connectivity index (χ4v) is 1.85. The second kappa shape index (κ2) is 4.19. The molecular formula is C13H13N3. The molecule has 0 radical (unpaired) electrons. The molecule has 16 heavy (non-hydrogen) atoms. The van der Waals surface area contributed by atoms with Crippen molar-refractivity contribution in [2.75, 3.05) is 0 Å². The first-order valence-corrected chi connectivity index (χ1v) is 5.23. The maximum absolute atomic E-state index is 8.79. The average Bonchev–Trinajstić information content (AvgIpc) is 2.66. The van der Waals surface area contributed by atoms with Crippen molar-refractivity contribution < 1.29 is 0 Å². The number of aromatic nitrogens is 2. The molecule has 1 heterocycles. The van der Waals surface area contributed by atoms with Gasteiger partial charge in [-0.05, 0) is 19.1 Å². The summed E-state index contributed by atoms with van der Waals surface area (Å²) >= 11 is 0. The number of para-hydroxylation sites is 2. The molecule has 0 bridgehead atoms. The molecule has 3 heteroatoms. The Morgan fingerprint density at radius 2 is 2.31 bits per heavy atom. The number of rotatable bonds is 3. The zero-order valence-electron chi connectivity index (χ0n) is 9.22. The van der Waals surface area contributed by atoms with Crippen molar-refractivity contribution in [3.63, 3.8) is 0 Å². The molecule has 1 aromatic carbocycles. The smallest absolute Gasteiger partial charge is 0.124 e. The topological polar surface area (TPSA) is 41.6 Å². The van der Waals surface area contributed by atoms with Gasteiger partial charge in [0.25, 0.3) is 0 Å². The van der Waals surface area contributed by atoms with Crippen molar-refractivity contribution in [3.8, 4) is 6.07 Å². The Bertz CT molecular complexity index is 560. The third-order valence-corrected chi connectivity index (χ3v) is 2.65. The maximum atomic E-state index is 8.79. The van der Waals surface area contributed by atoms with Gasteiger partial charge >= 0.3 is 0 Å². The molecule has 2 aromatic rings. The van der Waals surface area contributed by atoms with Gasteiger partial charge in [0.2, 0.25) is 0 Å². The first-order chi connectivity index (χ1) is 7.77. The van der Waals surface area contributed by atoms with Crippen LogP contribution in [0.3, 0.4) is 0 Å². The molecule has 3 nitrogen and oxygen atoms in total. The van der Waals surface area contributed by atoms with E-state index in [0.717, 1.165) is 16.9 Å². The molecule has 0 aliphatic heterocycles. The van der Waals surface area contributed by atoms with Crippen molar-refractivity contribution in [2.45, 2.75) is 19.4 Å². The minimum absolute atomic E-state index is 0.149. The summed E-state index contributed by atoms with van der Waals surface area (Å²) in [6.45, 7) is 5.84. The van der Waals surface area contributed by atoms with Crippen molar-refractivity contribution in [1.82, 2.24) is 9.55 Å². The summed E-state index contributed by atoms with van der Waals surface area (Å²) in [6, 6.07) is 10.2. The Morgan fingerprint density at radius 3 is 3.00 bits per heavy atom. The Kier molecular flexibility index (Phi) is 2.74. The predicted octanol–water partition coefficient (Wildman–Crippen LogP) is 2.85. The quantitative estimate of drug-likeness (QED) is 0.732. The lowest BCUT2D eigenvalue weighted by Gasteiger charge is -2.12. The monoisotopic (exact) mass is 211 g/mol. The summed E-state index contributed by atoms with van der Waals surface area (Å²) in [5.74, 6) is 0.802. The van der Waals surface area contributed by atoms with Gasteiger partial charge < -0.3 is 4.57 Å². The number of nitriles is 1. The molecule has 0 amide bonds. The fraction of sp³-hybridized carbons (Fsp3) is 0.231. The van der Waals surface area contributed by atoms with Crippen LogP contribution in [0.15, 0.2) is 36.9 Å². The first-order valence-electron chi connectivity index (χ1n) is 5.23. The zero-order chi connectivity index (χ0) is 11.5. The standard InChI is InChI=1S/C13H13N3/c1-3-10(2)16-12-7-5-4-6-11(12)15-13(16)8-9-14/h3-7,10H,1,8H2,2H3. The molecule has 0 aliphatic carbocycles. The van der Waals surface area contributed by atoms with E-state index in [4.69, 9.17) is 5.26 Å². The number of allylic oxidation sites excluding steroid dienone is 1. The summed E-state index contributed by atoms with van der Waals surface area (Å²) in [6.07, 6.45) is 2.18. The number of fused-ring (bicyclic) bond motifs is 1. The molecule has 1 atom stereocenters. The summed E-state index contributed by atoms with van der Waals surface area (Å²) in [7, 11) is 0. The van der Waals surface area contributed by atoms with Gasteiger partial charge in [0.15, 0.2) is 0 Å². The van der Waals surface area contributed by atoms with E-state index in [1.807, 2.05) is 37.3 Å². The normalized spacial score (nSPS) is 12.2. The lowest BCUT2D eigenvalue weighted by molar-refractivity contribution is 0.651. The van der Waals surface area contributed by atoms with Crippen LogP contribution >= 0.6 is 0 Å². The van der Waals surface area contributed by atoms with E-state index >= 15 is 0 Å². The van der Waals surface area contributed by atoms with E-state index in [2.05, 4.69) is 22.2 Å². The Balaban J connectivity index is 2.69. The van der Waals surface area contributed by atoms with Crippen LogP contribution in [-0.4, -0.2) is 9.55 Å². The van der Waals surface area contributed by atoms with E-state index < -0.39 is 0 Å². The lowest BCUT2D eigenvalue weighted by atomic mass is 10.2. The molecule has 0 spiro atoms. The van der Waals surface area contributed by atoms with Crippen molar-refractivity contribution in [2.24, 2.45) is 0 Å². The molecule has 0 saturated carbocycles. The first kappa shape index (κ1) is 10.4. The van der Waals surface area contributed by atoms with Gasteiger partial charge in [-0.1, -0.05) is 18.2 Å². The maximum Gasteiger partial charge on any atom is 0.124 e. The summed E-state index contributed by atoms with van der Waals surface area (Å²) in [4.78, 5) is 4.46. The highest BCUT2D eigenvalue weighted by Gasteiger charge is 2.12. The fourth-order valence-electron chi connectivity index (χ4n) is 1.85. The molecule has 0 fully saturated rings. The van der Waals surface area contributed by atoms with Crippen molar-refractivity contribution in [3.05, 3.63) is 42.7 Å². The minimum atomic E-state index is 0.149. The molecule has 1 aromatic heterocycles. The predicted molar refractivity (Wildman–Crippen MR) is 64.0 cm³/mol. The lowest BCUT2D eigenvalue weighted by Crippen LogP contribution is -2.06. The summed E-state index contributed by atoms with van der Waals surface area (Å²) in [5.41, 5.74) is 1.99. The number of benzene rings is 1. The van der Waals surface area contributed by atoms with Crippen LogP contribution in [0.25, 0.3) is 11.0 Å². The average molecular weight is 211 g/mol. The number of hydrogen-bond acceptors (Lipinski definition) is 2. The van der Waals surface area contributed by atoms with Crippen LogP contribution < -0.4 is 0 Å². The third-order valence-electron chi connectivity index (χ3n) is 2.65. The van der Waals surface area contributed by atoms with E-state index in [1.54, 1.807) is 0 Å². The Morgan fingerprint density at radius 1 is 1.56 bits per heavy atom. The van der Waals surface area contributed by atoms with Crippen molar-refractivity contribution in [1.29, 1.82) is 5.26 Å². The second-order valence-electron chi connectivity index (χ2n) is 3.70. The van der Waals surface area contributed by atoms with Gasteiger partial charge in [-0.15, -0.1) is 6.58 Å². The largest absolute Gasteiger partial charge is 0.320 e. The van der Waals surface area contributed by atoms with Gasteiger partial charge in [0.1, 0.15) is 5.82 Å².